The van der Waals surface area contributed by atoms with Crippen LogP contribution in [0.4, 0.5) is 5.69 Å². The molecule has 0 aliphatic carbocycles. The van der Waals surface area contributed by atoms with E-state index in [0.717, 1.165) is 0 Å². The van der Waals surface area contributed by atoms with Crippen LogP contribution in [0.1, 0.15) is 10.4 Å². The molecule has 192 valence electrons. The number of carbonyl (C=O) groups excluding carboxylic acids is 1. The second-order valence-electron chi connectivity index (χ2n) is 7.86. The van der Waals surface area contributed by atoms with Crippen molar-refractivity contribution < 1.29 is 69.9 Å². The van der Waals surface area contributed by atoms with Crippen molar-refractivity contribution in [1.82, 2.24) is 0 Å². The minimum Gasteiger partial charge on any atom is -0.595 e. The molecule has 34 heavy (non-hydrogen) atoms. The first-order chi connectivity index (χ1) is 16.0. The number of aliphatic hydroxyl groups is 7. The standard InChI is InChI=1S/C19H27NO14/c21-5-10-13(24)16(27)19(7-22,33-10)34-18-15(26)14(25)12(23)11(32-18)6-31-17(28)8-1-3-9(4-2-8)20(29)30/h1-4,10-16,18,20-27,29H,5-7H2/t10-,11-,12+,13+,14+,15-,16+,18-,19+/m0/s1. The zero-order chi connectivity index (χ0) is 25.2. The molecule has 0 aromatic heterocycles. The predicted molar refractivity (Wildman–Crippen MR) is 104 cm³/mol. The highest BCUT2D eigenvalue weighted by molar-refractivity contribution is 5.89. The van der Waals surface area contributed by atoms with Gasteiger partial charge in [-0.1, -0.05) is 0 Å². The van der Waals surface area contributed by atoms with Gasteiger partial charge in [0.15, 0.2) is 12.0 Å². The highest BCUT2D eigenvalue weighted by Gasteiger charge is 2.58. The maximum Gasteiger partial charge on any atom is 0.338 e. The molecule has 0 spiro atoms. The maximum atomic E-state index is 12.2. The van der Waals surface area contributed by atoms with Gasteiger partial charge in [-0.2, -0.15) is 5.23 Å². The molecule has 0 amide bonds. The second-order valence-corrected chi connectivity index (χ2v) is 7.86. The van der Waals surface area contributed by atoms with E-state index in [1.807, 2.05) is 0 Å². The number of ether oxygens (including phenoxy) is 4. The third-order valence-electron chi connectivity index (χ3n) is 5.64. The van der Waals surface area contributed by atoms with Gasteiger partial charge in [-0.25, -0.2) is 10.0 Å². The van der Waals surface area contributed by atoms with Crippen molar-refractivity contribution in [3.63, 3.8) is 0 Å². The molecule has 15 heteroatoms. The first-order valence-corrected chi connectivity index (χ1v) is 10.2. The number of esters is 1. The Morgan fingerprint density at radius 1 is 1.00 bits per heavy atom. The molecule has 1 unspecified atom stereocenters. The van der Waals surface area contributed by atoms with E-state index in [1.165, 1.54) is 24.3 Å². The Bertz CT molecular complexity index is 824. The van der Waals surface area contributed by atoms with Crippen LogP contribution in [0.15, 0.2) is 24.3 Å². The lowest BCUT2D eigenvalue weighted by atomic mass is 9.99. The van der Waals surface area contributed by atoms with Crippen LogP contribution < -0.4 is 5.23 Å². The fourth-order valence-corrected chi connectivity index (χ4v) is 3.61. The van der Waals surface area contributed by atoms with Crippen molar-refractivity contribution >= 4 is 11.7 Å². The number of nitrogens with one attached hydrogen (secondary N) is 1. The van der Waals surface area contributed by atoms with Crippen LogP contribution in [-0.4, -0.2) is 122 Å². The molecule has 1 aromatic rings. The number of hydrogen-bond acceptors (Lipinski definition) is 14. The van der Waals surface area contributed by atoms with Crippen LogP contribution in [0.2, 0.25) is 0 Å². The molecule has 0 saturated carbocycles. The first kappa shape index (κ1) is 26.8. The third-order valence-corrected chi connectivity index (χ3v) is 5.64. The summed E-state index contributed by atoms with van der Waals surface area (Å²) in [6.45, 7) is -2.41. The van der Waals surface area contributed by atoms with E-state index in [4.69, 9.17) is 24.2 Å². The van der Waals surface area contributed by atoms with E-state index in [1.54, 1.807) is 0 Å². The van der Waals surface area contributed by atoms with Gasteiger partial charge < -0.3 is 59.9 Å². The molecule has 1 aromatic carbocycles. The van der Waals surface area contributed by atoms with E-state index in [-0.39, 0.29) is 11.3 Å². The lowest BCUT2D eigenvalue weighted by Crippen LogP contribution is -2.99. The highest BCUT2D eigenvalue weighted by atomic mass is 16.8. The zero-order valence-corrected chi connectivity index (χ0v) is 17.6. The summed E-state index contributed by atoms with van der Waals surface area (Å²) in [4.78, 5) is 12.2. The molecule has 2 heterocycles. The van der Waals surface area contributed by atoms with Crippen LogP contribution in [0.5, 0.6) is 0 Å². The maximum absolute atomic E-state index is 12.2. The van der Waals surface area contributed by atoms with Gasteiger partial charge in [-0.3, -0.25) is 0 Å². The van der Waals surface area contributed by atoms with E-state index in [9.17, 15) is 45.7 Å². The Balaban J connectivity index is 1.68. The summed E-state index contributed by atoms with van der Waals surface area (Å²) in [6.07, 6.45) is -13.7. The third kappa shape index (κ3) is 5.21. The number of rotatable bonds is 8. The first-order valence-electron chi connectivity index (χ1n) is 10.2. The fraction of sp³-hybridized carbons (Fsp3) is 0.632. The molecular formula is C19H27NO14. The van der Waals surface area contributed by atoms with E-state index in [2.05, 4.69) is 0 Å². The van der Waals surface area contributed by atoms with Gasteiger partial charge in [-0.15, -0.1) is 0 Å². The normalized spacial score (nSPS) is 39.1. The van der Waals surface area contributed by atoms with Crippen molar-refractivity contribution in [2.75, 3.05) is 19.8 Å². The van der Waals surface area contributed by atoms with Gasteiger partial charge in [-0.05, 0) is 12.1 Å². The minimum absolute atomic E-state index is 0.00516. The number of carbonyl (C=O) groups is 1. The Morgan fingerprint density at radius 3 is 2.18 bits per heavy atom. The van der Waals surface area contributed by atoms with Crippen molar-refractivity contribution in [1.29, 1.82) is 0 Å². The number of hydrogen-bond donors (Lipinski definition) is 9. The van der Waals surface area contributed by atoms with Crippen LogP contribution in [0.25, 0.3) is 0 Å². The minimum atomic E-state index is -2.34. The molecular weight excluding hydrogens is 466 g/mol. The molecule has 3 rings (SSSR count). The van der Waals surface area contributed by atoms with Crippen molar-refractivity contribution in [2.24, 2.45) is 0 Å². The molecule has 2 aliphatic heterocycles. The Labute approximate surface area is 192 Å². The number of quaternary nitrogens is 1. The monoisotopic (exact) mass is 493 g/mol. The van der Waals surface area contributed by atoms with E-state index < -0.39 is 85.8 Å². The topological polar surface area (TPSA) is 243 Å². The molecule has 2 fully saturated rings. The summed E-state index contributed by atoms with van der Waals surface area (Å²) in [5.74, 6) is -3.24. The summed E-state index contributed by atoms with van der Waals surface area (Å²) >= 11 is 0. The van der Waals surface area contributed by atoms with Crippen molar-refractivity contribution in [3.8, 4) is 0 Å². The van der Waals surface area contributed by atoms with Gasteiger partial charge in [0.1, 0.15) is 55.9 Å². The average molecular weight is 493 g/mol. The summed E-state index contributed by atoms with van der Waals surface area (Å²) in [5.41, 5.74) is -0.0585. The van der Waals surface area contributed by atoms with Crippen molar-refractivity contribution in [3.05, 3.63) is 35.0 Å². The van der Waals surface area contributed by atoms with Gasteiger partial charge in [0.2, 0.25) is 5.79 Å². The summed E-state index contributed by atoms with van der Waals surface area (Å²) in [7, 11) is 0. The number of aliphatic hydroxyl groups excluding tert-OH is 7. The molecule has 15 nitrogen and oxygen atoms in total. The zero-order valence-electron chi connectivity index (χ0n) is 17.6. The molecule has 9 N–H and O–H groups in total. The SMILES string of the molecule is O=C(OC[C@@H]1O[C@@H](O[C@@]2(CO)O[C@@H](CO)[C@@H](O)[C@H]2O)[C@@H](O)[C@H](O)[C@@H]1O)c1ccc([NH+]([O-])O)cc1. The van der Waals surface area contributed by atoms with Gasteiger partial charge in [0.25, 0.3) is 0 Å². The van der Waals surface area contributed by atoms with Gasteiger partial charge >= 0.3 is 5.97 Å². The summed E-state index contributed by atoms with van der Waals surface area (Å²) in [5, 5.41) is 88.4. The van der Waals surface area contributed by atoms with Crippen LogP contribution in [0, 0.1) is 5.21 Å². The predicted octanol–water partition coefficient (Wildman–Crippen LogP) is -5.13. The van der Waals surface area contributed by atoms with Crippen LogP contribution in [0.3, 0.4) is 0 Å². The van der Waals surface area contributed by atoms with E-state index in [0.29, 0.717) is 0 Å². The Hall–Kier alpha value is -1.83. The second kappa shape index (κ2) is 10.8. The fourth-order valence-electron chi connectivity index (χ4n) is 3.61. The summed E-state index contributed by atoms with van der Waals surface area (Å²) < 4.78 is 21.0. The lowest BCUT2D eigenvalue weighted by Gasteiger charge is -2.43. The Kier molecular flexibility index (Phi) is 8.53. The largest absolute Gasteiger partial charge is 0.595 e. The van der Waals surface area contributed by atoms with Crippen molar-refractivity contribution in [2.45, 2.75) is 54.8 Å². The molecule has 10 atom stereocenters. The van der Waals surface area contributed by atoms with Crippen LogP contribution in [-0.2, 0) is 18.9 Å². The van der Waals surface area contributed by atoms with Gasteiger partial charge in [0.05, 0.1) is 12.2 Å². The lowest BCUT2D eigenvalue weighted by molar-refractivity contribution is -0.991. The smallest absolute Gasteiger partial charge is 0.338 e. The highest BCUT2D eigenvalue weighted by Crippen LogP contribution is 2.36. The molecule has 2 saturated heterocycles. The average Bonchev–Trinajstić information content (AvgIpc) is 3.08. The molecule has 0 radical (unpaired) electrons. The molecule has 0 bridgehead atoms. The summed E-state index contributed by atoms with van der Waals surface area (Å²) in [6, 6.07) is 4.79. The quantitative estimate of drug-likeness (QED) is 0.121. The van der Waals surface area contributed by atoms with Gasteiger partial charge in [0, 0.05) is 12.1 Å². The number of benzene rings is 1. The van der Waals surface area contributed by atoms with Crippen LogP contribution >= 0.6 is 0 Å². The van der Waals surface area contributed by atoms with E-state index >= 15 is 0 Å². The molecule has 2 aliphatic rings. The Morgan fingerprint density at radius 2 is 1.65 bits per heavy atom.